The van der Waals surface area contributed by atoms with Gasteiger partial charge in [0.2, 0.25) is 5.91 Å². The van der Waals surface area contributed by atoms with Crippen LogP contribution in [0.2, 0.25) is 0 Å². The number of carbonyl (C=O) groups excluding carboxylic acids is 1. The molecule has 5 rings (SSSR count). The highest BCUT2D eigenvalue weighted by Gasteiger charge is 2.34. The molecular formula is C24H23N5O2. The highest BCUT2D eigenvalue weighted by molar-refractivity contribution is 6.18. The van der Waals surface area contributed by atoms with Gasteiger partial charge in [0, 0.05) is 6.04 Å². The Morgan fingerprint density at radius 3 is 2.39 bits per heavy atom. The molecule has 1 fully saturated rings. The Morgan fingerprint density at radius 2 is 1.65 bits per heavy atom. The Labute approximate surface area is 180 Å². The molecule has 1 aliphatic heterocycles. The van der Waals surface area contributed by atoms with E-state index in [1.807, 2.05) is 54.6 Å². The van der Waals surface area contributed by atoms with Gasteiger partial charge in [-0.05, 0) is 54.8 Å². The molecule has 156 valence electrons. The molecule has 0 bridgehead atoms. The van der Waals surface area contributed by atoms with Gasteiger partial charge in [-0.15, -0.1) is 0 Å². The molecule has 2 N–H and O–H groups in total. The first-order chi connectivity index (χ1) is 15.2. The molecule has 1 aliphatic carbocycles. The molecule has 2 aliphatic rings. The molecule has 1 aromatic heterocycles. The zero-order chi connectivity index (χ0) is 21.2. The van der Waals surface area contributed by atoms with Gasteiger partial charge in [-0.25, -0.2) is 15.0 Å². The average Bonchev–Trinajstić information content (AvgIpc) is 3.26. The fraction of sp³-hybridized carbons (Fsp3) is 0.250. The molecule has 31 heavy (non-hydrogen) atoms. The van der Waals surface area contributed by atoms with E-state index in [9.17, 15) is 4.79 Å². The predicted molar refractivity (Wildman–Crippen MR) is 120 cm³/mol. The number of nitrogens with zero attached hydrogens (tertiary/aromatic N) is 4. The number of carbonyl (C=O) groups is 1. The minimum Gasteiger partial charge on any atom is -0.457 e. The number of anilines is 2. The highest BCUT2D eigenvalue weighted by Crippen LogP contribution is 2.38. The van der Waals surface area contributed by atoms with Crippen molar-refractivity contribution in [2.45, 2.75) is 38.1 Å². The van der Waals surface area contributed by atoms with Gasteiger partial charge in [-0.2, -0.15) is 0 Å². The van der Waals surface area contributed by atoms with Crippen LogP contribution in [0.25, 0.3) is 0 Å². The summed E-state index contributed by atoms with van der Waals surface area (Å²) in [4.78, 5) is 28.3. The summed E-state index contributed by atoms with van der Waals surface area (Å²) in [5.41, 5.74) is 8.12. The van der Waals surface area contributed by atoms with Gasteiger partial charge in [0.05, 0.1) is 12.1 Å². The van der Waals surface area contributed by atoms with Crippen LogP contribution in [0.3, 0.4) is 0 Å². The number of nitrogen functional groups attached to an aromatic ring is 1. The summed E-state index contributed by atoms with van der Waals surface area (Å²) in [6.07, 6.45) is 5.75. The van der Waals surface area contributed by atoms with E-state index >= 15 is 0 Å². The largest absolute Gasteiger partial charge is 0.457 e. The third-order valence-electron chi connectivity index (χ3n) is 5.75. The molecule has 7 heteroatoms. The Kier molecular flexibility index (Phi) is 5.08. The van der Waals surface area contributed by atoms with Gasteiger partial charge < -0.3 is 10.5 Å². The standard InChI is InChI=1S/C24H23N5O2/c25-23-22-24(27-15-26-23)29(17-6-4-5-7-17)21(30)14-20(28-22)16-10-12-19(13-11-16)31-18-8-2-1-3-9-18/h1-3,8-13,15,17H,4-7,14H2,(H2,25,26,27). The molecule has 0 spiro atoms. The first-order valence-electron chi connectivity index (χ1n) is 10.5. The third kappa shape index (κ3) is 3.86. The van der Waals surface area contributed by atoms with Gasteiger partial charge >= 0.3 is 0 Å². The molecule has 3 aromatic rings. The zero-order valence-corrected chi connectivity index (χ0v) is 17.1. The maximum Gasteiger partial charge on any atom is 0.234 e. The Morgan fingerprint density at radius 1 is 0.935 bits per heavy atom. The monoisotopic (exact) mass is 413 g/mol. The second-order valence-electron chi connectivity index (χ2n) is 7.81. The molecule has 0 saturated heterocycles. The SMILES string of the molecule is Nc1ncnc2c1N=C(c1ccc(Oc3ccccc3)cc1)CC(=O)N2C1CCCC1. The van der Waals surface area contributed by atoms with E-state index in [0.29, 0.717) is 23.0 Å². The van der Waals surface area contributed by atoms with Crippen molar-refractivity contribution in [2.75, 3.05) is 10.6 Å². The number of rotatable bonds is 4. The zero-order valence-electron chi connectivity index (χ0n) is 17.1. The summed E-state index contributed by atoms with van der Waals surface area (Å²) in [6.45, 7) is 0. The van der Waals surface area contributed by atoms with Crippen molar-refractivity contribution in [1.82, 2.24) is 9.97 Å². The van der Waals surface area contributed by atoms with E-state index in [-0.39, 0.29) is 24.2 Å². The number of benzene rings is 2. The van der Waals surface area contributed by atoms with Gasteiger partial charge in [0.15, 0.2) is 11.6 Å². The highest BCUT2D eigenvalue weighted by atomic mass is 16.5. The predicted octanol–water partition coefficient (Wildman–Crippen LogP) is 4.65. The quantitative estimate of drug-likeness (QED) is 0.672. The topological polar surface area (TPSA) is 93.7 Å². The van der Waals surface area contributed by atoms with Crippen molar-refractivity contribution >= 4 is 28.9 Å². The van der Waals surface area contributed by atoms with Crippen LogP contribution in [0, 0.1) is 0 Å². The van der Waals surface area contributed by atoms with Crippen molar-refractivity contribution in [3.63, 3.8) is 0 Å². The van der Waals surface area contributed by atoms with E-state index in [1.54, 1.807) is 4.90 Å². The Hall–Kier alpha value is -3.74. The van der Waals surface area contributed by atoms with Gasteiger partial charge in [0.25, 0.3) is 0 Å². The van der Waals surface area contributed by atoms with Crippen LogP contribution in [-0.4, -0.2) is 27.6 Å². The van der Waals surface area contributed by atoms with E-state index in [2.05, 4.69) is 9.97 Å². The van der Waals surface area contributed by atoms with Gasteiger partial charge in [0.1, 0.15) is 23.5 Å². The van der Waals surface area contributed by atoms with Crippen molar-refractivity contribution in [1.29, 1.82) is 0 Å². The van der Waals surface area contributed by atoms with Gasteiger partial charge in [-0.1, -0.05) is 31.0 Å². The lowest BCUT2D eigenvalue weighted by Crippen LogP contribution is -2.39. The van der Waals surface area contributed by atoms with Crippen molar-refractivity contribution in [3.05, 3.63) is 66.5 Å². The van der Waals surface area contributed by atoms with Crippen LogP contribution in [0.1, 0.15) is 37.7 Å². The molecule has 0 atom stereocenters. The van der Waals surface area contributed by atoms with Crippen LogP contribution < -0.4 is 15.4 Å². The van der Waals surface area contributed by atoms with Crippen molar-refractivity contribution in [2.24, 2.45) is 4.99 Å². The van der Waals surface area contributed by atoms with E-state index in [4.69, 9.17) is 15.5 Å². The normalized spacial score (nSPS) is 16.6. The number of aromatic nitrogens is 2. The Balaban J connectivity index is 1.47. The number of amides is 1. The van der Waals surface area contributed by atoms with Crippen molar-refractivity contribution < 1.29 is 9.53 Å². The van der Waals surface area contributed by atoms with E-state index in [1.165, 1.54) is 6.33 Å². The van der Waals surface area contributed by atoms with Crippen molar-refractivity contribution in [3.8, 4) is 11.5 Å². The first kappa shape index (κ1) is 19.2. The van der Waals surface area contributed by atoms with E-state index in [0.717, 1.165) is 37.0 Å². The number of hydrogen-bond acceptors (Lipinski definition) is 6. The fourth-order valence-corrected chi connectivity index (χ4v) is 4.23. The van der Waals surface area contributed by atoms with E-state index < -0.39 is 0 Å². The average molecular weight is 413 g/mol. The molecule has 1 amide bonds. The second kappa shape index (κ2) is 8.18. The van der Waals surface area contributed by atoms with Crippen LogP contribution in [-0.2, 0) is 4.79 Å². The molecule has 0 unspecified atom stereocenters. The number of fused-ring (bicyclic) bond motifs is 1. The summed E-state index contributed by atoms with van der Waals surface area (Å²) < 4.78 is 5.87. The molecular weight excluding hydrogens is 390 g/mol. The minimum absolute atomic E-state index is 0.00730. The molecule has 0 radical (unpaired) electrons. The Bertz CT molecular complexity index is 1120. The lowest BCUT2D eigenvalue weighted by atomic mass is 10.1. The number of aliphatic imine (C=N–C) groups is 1. The maximum absolute atomic E-state index is 13.3. The second-order valence-corrected chi connectivity index (χ2v) is 7.81. The van der Waals surface area contributed by atoms with Crippen LogP contribution in [0.15, 0.2) is 65.9 Å². The fourth-order valence-electron chi connectivity index (χ4n) is 4.23. The summed E-state index contributed by atoms with van der Waals surface area (Å²) in [7, 11) is 0. The summed E-state index contributed by atoms with van der Waals surface area (Å²) >= 11 is 0. The number of para-hydroxylation sites is 1. The smallest absolute Gasteiger partial charge is 0.234 e. The minimum atomic E-state index is -0.00730. The summed E-state index contributed by atoms with van der Waals surface area (Å²) in [5.74, 6) is 2.27. The summed E-state index contributed by atoms with van der Waals surface area (Å²) in [6, 6.07) is 17.3. The number of ether oxygens (including phenoxy) is 1. The third-order valence-corrected chi connectivity index (χ3v) is 5.75. The van der Waals surface area contributed by atoms with Crippen LogP contribution in [0.5, 0.6) is 11.5 Å². The number of nitrogens with two attached hydrogens (primary N) is 1. The van der Waals surface area contributed by atoms with Crippen LogP contribution in [0.4, 0.5) is 17.3 Å². The lowest BCUT2D eigenvalue weighted by molar-refractivity contribution is -0.117. The molecule has 2 aromatic carbocycles. The van der Waals surface area contributed by atoms with Crippen LogP contribution >= 0.6 is 0 Å². The molecule has 7 nitrogen and oxygen atoms in total. The van der Waals surface area contributed by atoms with Gasteiger partial charge in [-0.3, -0.25) is 9.69 Å². The summed E-state index contributed by atoms with van der Waals surface area (Å²) in [5, 5.41) is 0. The molecule has 2 heterocycles. The lowest BCUT2D eigenvalue weighted by Gasteiger charge is -2.27. The maximum atomic E-state index is 13.3. The molecule has 1 saturated carbocycles. The number of hydrogen-bond donors (Lipinski definition) is 1. The first-order valence-corrected chi connectivity index (χ1v) is 10.5.